The van der Waals surface area contributed by atoms with Crippen LogP contribution in [0.5, 0.6) is 0 Å². The van der Waals surface area contributed by atoms with Crippen molar-refractivity contribution in [1.82, 2.24) is 14.9 Å². The van der Waals surface area contributed by atoms with Gasteiger partial charge in [0.1, 0.15) is 5.82 Å². The maximum atomic E-state index is 13.4. The van der Waals surface area contributed by atoms with Crippen LogP contribution in [0.3, 0.4) is 0 Å². The van der Waals surface area contributed by atoms with Crippen molar-refractivity contribution in [1.29, 1.82) is 0 Å². The Labute approximate surface area is 203 Å². The van der Waals surface area contributed by atoms with Gasteiger partial charge in [-0.3, -0.25) is 14.4 Å². The highest BCUT2D eigenvalue weighted by Crippen LogP contribution is 2.34. The molecule has 1 aliphatic rings. The number of H-pyrrole nitrogens is 1. The lowest BCUT2D eigenvalue weighted by Crippen LogP contribution is -2.38. The molecule has 1 aromatic heterocycles. The molecule has 1 fully saturated rings. The Kier molecular flexibility index (Phi) is 7.03. The highest BCUT2D eigenvalue weighted by Gasteiger charge is 2.38. The molecule has 34 heavy (non-hydrogen) atoms. The molecular formula is C26H29ClN4O3. The van der Waals surface area contributed by atoms with Gasteiger partial charge in [-0.05, 0) is 49.1 Å². The van der Waals surface area contributed by atoms with Crippen LogP contribution in [0.15, 0.2) is 47.3 Å². The Morgan fingerprint density at radius 2 is 2.00 bits per heavy atom. The van der Waals surface area contributed by atoms with Gasteiger partial charge in [-0.2, -0.15) is 0 Å². The number of aromatic nitrogens is 2. The molecule has 0 saturated carbocycles. The number of rotatable bonds is 7. The second-order valence-corrected chi connectivity index (χ2v) is 9.24. The molecule has 2 heterocycles. The largest absolute Gasteiger partial charge is 0.335 e. The number of nitrogens with zero attached hydrogens (tertiary/aromatic N) is 3. The zero-order valence-corrected chi connectivity index (χ0v) is 20.4. The average molecular weight is 481 g/mol. The van der Waals surface area contributed by atoms with E-state index in [-0.39, 0.29) is 30.3 Å². The van der Waals surface area contributed by atoms with Crippen molar-refractivity contribution in [3.8, 4) is 0 Å². The summed E-state index contributed by atoms with van der Waals surface area (Å²) in [7, 11) is 0. The van der Waals surface area contributed by atoms with Gasteiger partial charge in [0.25, 0.3) is 5.56 Å². The number of halogens is 1. The van der Waals surface area contributed by atoms with E-state index in [4.69, 9.17) is 11.6 Å². The molecule has 0 unspecified atom stereocenters. The number of benzene rings is 2. The van der Waals surface area contributed by atoms with E-state index in [1.54, 1.807) is 28.0 Å². The maximum Gasteiger partial charge on any atom is 0.258 e. The highest BCUT2D eigenvalue weighted by molar-refractivity contribution is 6.31. The van der Waals surface area contributed by atoms with Crippen molar-refractivity contribution in [3.05, 3.63) is 69.2 Å². The minimum absolute atomic E-state index is 0.0444. The standard InChI is InChI=1S/C26H29ClN4O3/c1-4-16(3)19-8-6-7-9-22(19)31-14-17(12-24(31)32)26(34)30(5-2)15-23-28-21-13-18(27)10-11-20(21)25(33)29-23/h6-11,13,16-17H,4-5,12,14-15H2,1-3H3,(H,28,29,33)/t16-,17+/m0/s1. The van der Waals surface area contributed by atoms with E-state index in [9.17, 15) is 14.4 Å². The predicted octanol–water partition coefficient (Wildman–Crippen LogP) is 4.49. The van der Waals surface area contributed by atoms with E-state index >= 15 is 0 Å². The van der Waals surface area contributed by atoms with Gasteiger partial charge < -0.3 is 14.8 Å². The van der Waals surface area contributed by atoms with Crippen LogP contribution in [0, 0.1) is 5.92 Å². The van der Waals surface area contributed by atoms with E-state index < -0.39 is 5.92 Å². The molecule has 0 spiro atoms. The van der Waals surface area contributed by atoms with Crippen LogP contribution in [0.1, 0.15) is 50.9 Å². The number of para-hydroxylation sites is 1. The van der Waals surface area contributed by atoms with Crippen LogP contribution >= 0.6 is 11.6 Å². The number of aromatic amines is 1. The summed E-state index contributed by atoms with van der Waals surface area (Å²) < 4.78 is 0. The smallest absolute Gasteiger partial charge is 0.258 e. The van der Waals surface area contributed by atoms with Crippen molar-refractivity contribution in [2.24, 2.45) is 5.92 Å². The van der Waals surface area contributed by atoms with Crippen molar-refractivity contribution in [2.75, 3.05) is 18.0 Å². The summed E-state index contributed by atoms with van der Waals surface area (Å²) in [6.45, 7) is 7.08. The maximum absolute atomic E-state index is 13.4. The Morgan fingerprint density at radius 1 is 1.24 bits per heavy atom. The molecule has 2 atom stereocenters. The zero-order valence-electron chi connectivity index (χ0n) is 19.7. The lowest BCUT2D eigenvalue weighted by Gasteiger charge is -2.25. The van der Waals surface area contributed by atoms with Gasteiger partial charge in [0.05, 0.1) is 23.4 Å². The lowest BCUT2D eigenvalue weighted by molar-refractivity contribution is -0.136. The first-order chi connectivity index (χ1) is 16.3. The third kappa shape index (κ3) is 4.71. The van der Waals surface area contributed by atoms with Crippen LogP contribution in [0.4, 0.5) is 5.69 Å². The minimum Gasteiger partial charge on any atom is -0.335 e. The summed E-state index contributed by atoms with van der Waals surface area (Å²) in [4.78, 5) is 49.4. The van der Waals surface area contributed by atoms with Gasteiger partial charge >= 0.3 is 0 Å². The first-order valence-corrected chi connectivity index (χ1v) is 12.1. The Balaban J connectivity index is 1.54. The van der Waals surface area contributed by atoms with Crippen LogP contribution in [-0.2, 0) is 16.1 Å². The molecule has 2 aromatic carbocycles. The normalized spacial score (nSPS) is 16.8. The summed E-state index contributed by atoms with van der Waals surface area (Å²) in [5, 5.41) is 0.932. The van der Waals surface area contributed by atoms with Crippen LogP contribution in [0.2, 0.25) is 5.02 Å². The van der Waals surface area contributed by atoms with Gasteiger partial charge in [-0.1, -0.05) is 43.6 Å². The fourth-order valence-electron chi connectivity index (χ4n) is 4.50. The predicted molar refractivity (Wildman–Crippen MR) is 134 cm³/mol. The summed E-state index contributed by atoms with van der Waals surface area (Å²) in [5.41, 5.74) is 2.22. The average Bonchev–Trinajstić information content (AvgIpc) is 3.22. The molecule has 178 valence electrons. The molecule has 1 saturated heterocycles. The number of hydrogen-bond donors (Lipinski definition) is 1. The van der Waals surface area contributed by atoms with E-state index in [2.05, 4.69) is 29.9 Å². The van der Waals surface area contributed by atoms with Crippen LogP contribution in [0.25, 0.3) is 10.9 Å². The minimum atomic E-state index is -0.445. The number of amides is 2. The molecule has 0 bridgehead atoms. The summed E-state index contributed by atoms with van der Waals surface area (Å²) in [6.07, 6.45) is 1.13. The van der Waals surface area contributed by atoms with Crippen molar-refractivity contribution in [3.63, 3.8) is 0 Å². The number of hydrogen-bond acceptors (Lipinski definition) is 4. The van der Waals surface area contributed by atoms with E-state index in [0.29, 0.717) is 40.8 Å². The topological polar surface area (TPSA) is 86.4 Å². The van der Waals surface area contributed by atoms with Crippen LogP contribution in [-0.4, -0.2) is 39.8 Å². The number of carbonyl (C=O) groups is 2. The van der Waals surface area contributed by atoms with Crippen molar-refractivity contribution in [2.45, 2.75) is 46.1 Å². The number of anilines is 1. The highest BCUT2D eigenvalue weighted by atomic mass is 35.5. The number of carbonyl (C=O) groups excluding carboxylic acids is 2. The first-order valence-electron chi connectivity index (χ1n) is 11.7. The Hall–Kier alpha value is -3.19. The van der Waals surface area contributed by atoms with Gasteiger partial charge in [-0.15, -0.1) is 0 Å². The number of nitrogens with one attached hydrogen (secondary N) is 1. The fourth-order valence-corrected chi connectivity index (χ4v) is 4.66. The third-order valence-electron chi connectivity index (χ3n) is 6.60. The molecule has 0 radical (unpaired) electrons. The molecule has 1 aliphatic heterocycles. The Morgan fingerprint density at radius 3 is 2.74 bits per heavy atom. The van der Waals surface area contributed by atoms with E-state index in [1.807, 2.05) is 25.1 Å². The molecule has 1 N–H and O–H groups in total. The van der Waals surface area contributed by atoms with Crippen LogP contribution < -0.4 is 10.5 Å². The first kappa shape index (κ1) is 24.0. The van der Waals surface area contributed by atoms with Gasteiger partial charge in [0.15, 0.2) is 0 Å². The quantitative estimate of drug-likeness (QED) is 0.539. The monoisotopic (exact) mass is 480 g/mol. The molecule has 7 nitrogen and oxygen atoms in total. The second-order valence-electron chi connectivity index (χ2n) is 8.80. The third-order valence-corrected chi connectivity index (χ3v) is 6.83. The SMILES string of the molecule is CC[C@H](C)c1ccccc1N1C[C@H](C(=O)N(CC)Cc2nc3cc(Cl)ccc3c(=O)[nH]2)CC1=O. The summed E-state index contributed by atoms with van der Waals surface area (Å²) in [6, 6.07) is 12.8. The summed E-state index contributed by atoms with van der Waals surface area (Å²) in [5.74, 6) is 0.0952. The van der Waals surface area contributed by atoms with E-state index in [0.717, 1.165) is 17.7 Å². The second kappa shape index (κ2) is 9.97. The molecule has 2 amide bonds. The lowest BCUT2D eigenvalue weighted by atomic mass is 9.96. The summed E-state index contributed by atoms with van der Waals surface area (Å²) >= 11 is 6.06. The van der Waals surface area contributed by atoms with Gasteiger partial charge in [0, 0.05) is 30.2 Å². The molecule has 4 rings (SSSR count). The zero-order chi connectivity index (χ0) is 24.4. The molecule has 0 aliphatic carbocycles. The van der Waals surface area contributed by atoms with Crippen molar-refractivity contribution >= 4 is 40.0 Å². The van der Waals surface area contributed by atoms with E-state index in [1.165, 1.54) is 0 Å². The Bertz CT molecular complexity index is 1290. The molecular weight excluding hydrogens is 452 g/mol. The fraction of sp³-hybridized carbons (Fsp3) is 0.385. The van der Waals surface area contributed by atoms with Crippen molar-refractivity contribution < 1.29 is 9.59 Å². The molecule has 8 heteroatoms. The molecule has 3 aromatic rings. The van der Waals surface area contributed by atoms with Gasteiger partial charge in [0.2, 0.25) is 11.8 Å². The van der Waals surface area contributed by atoms with Gasteiger partial charge in [-0.25, -0.2) is 4.98 Å². The number of fused-ring (bicyclic) bond motifs is 1.